The summed E-state index contributed by atoms with van der Waals surface area (Å²) in [6.07, 6.45) is 10.7. The van der Waals surface area contributed by atoms with Crippen molar-refractivity contribution in [1.29, 1.82) is 0 Å². The van der Waals surface area contributed by atoms with Gasteiger partial charge in [0, 0.05) is 48.2 Å². The molecule has 2 aliphatic rings. The van der Waals surface area contributed by atoms with Gasteiger partial charge in [-0.2, -0.15) is 0 Å². The van der Waals surface area contributed by atoms with Gasteiger partial charge in [0.25, 0.3) is 5.91 Å². The Hall–Kier alpha value is -2.77. The molecule has 5 rings (SSSR count). The van der Waals surface area contributed by atoms with Gasteiger partial charge in [0.05, 0.1) is 12.5 Å². The van der Waals surface area contributed by atoms with Crippen LogP contribution in [0.25, 0.3) is 10.9 Å². The quantitative estimate of drug-likeness (QED) is 0.487. The second kappa shape index (κ2) is 11.3. The lowest BCUT2D eigenvalue weighted by Crippen LogP contribution is -2.49. The van der Waals surface area contributed by atoms with E-state index in [9.17, 15) is 4.79 Å². The number of piperidine rings is 1. The summed E-state index contributed by atoms with van der Waals surface area (Å²) < 4.78 is 11.1. The Balaban J connectivity index is 1.12. The van der Waals surface area contributed by atoms with Crippen molar-refractivity contribution in [1.82, 2.24) is 20.1 Å². The summed E-state index contributed by atoms with van der Waals surface area (Å²) in [6, 6.07) is 10.4. The van der Waals surface area contributed by atoms with E-state index in [1.165, 1.54) is 38.8 Å². The molecule has 7 nitrogen and oxygen atoms in total. The largest absolute Gasteiger partial charge is 0.488 e. The minimum absolute atomic E-state index is 0.0432. The van der Waals surface area contributed by atoms with Crippen LogP contribution in [-0.2, 0) is 6.61 Å². The monoisotopic (exact) mass is 478 g/mol. The van der Waals surface area contributed by atoms with Crippen LogP contribution in [0.3, 0.4) is 0 Å². The maximum Gasteiger partial charge on any atom is 0.267 e. The summed E-state index contributed by atoms with van der Waals surface area (Å²) in [5, 5.41) is 4.17. The highest BCUT2D eigenvalue weighted by atomic mass is 16.5. The van der Waals surface area contributed by atoms with Crippen LogP contribution in [0.5, 0.6) is 5.75 Å². The van der Waals surface area contributed by atoms with Crippen molar-refractivity contribution >= 4 is 16.8 Å². The number of ether oxygens (including phenoxy) is 1. The number of rotatable bonds is 8. The van der Waals surface area contributed by atoms with Gasteiger partial charge in [0.1, 0.15) is 18.1 Å². The summed E-state index contributed by atoms with van der Waals surface area (Å²) in [4.78, 5) is 21.5. The second-order valence-corrected chi connectivity index (χ2v) is 10.2. The van der Waals surface area contributed by atoms with Crippen molar-refractivity contribution in [2.75, 3.05) is 32.7 Å². The minimum atomic E-state index is -0.0432. The maximum atomic E-state index is 13.0. The number of carbonyl (C=O) groups is 1. The van der Waals surface area contributed by atoms with E-state index in [0.29, 0.717) is 18.3 Å². The fraction of sp³-hybridized carbons (Fsp3) is 0.536. The molecule has 1 aromatic carbocycles. The molecule has 2 N–H and O–H groups in total. The van der Waals surface area contributed by atoms with Crippen LogP contribution in [-0.4, -0.2) is 65.5 Å². The van der Waals surface area contributed by atoms with Gasteiger partial charge in [-0.05, 0) is 70.0 Å². The molecule has 2 fully saturated rings. The molecule has 4 heterocycles. The first-order valence-corrected chi connectivity index (χ1v) is 13.2. The van der Waals surface area contributed by atoms with Crippen LogP contribution < -0.4 is 10.1 Å². The van der Waals surface area contributed by atoms with Gasteiger partial charge in [-0.25, -0.2) is 0 Å². The zero-order valence-electron chi connectivity index (χ0n) is 20.8. The second-order valence-electron chi connectivity index (χ2n) is 10.2. The third-order valence-corrected chi connectivity index (χ3v) is 7.55. The Morgan fingerprint density at radius 3 is 2.69 bits per heavy atom. The Morgan fingerprint density at radius 2 is 1.94 bits per heavy atom. The number of furan rings is 1. The highest BCUT2D eigenvalue weighted by Gasteiger charge is 2.25. The molecule has 1 atom stereocenters. The fourth-order valence-electron chi connectivity index (χ4n) is 5.46. The van der Waals surface area contributed by atoms with E-state index in [2.05, 4.69) is 27.0 Å². The molecule has 1 amide bonds. The molecule has 0 bridgehead atoms. The molecule has 0 spiro atoms. The molecule has 0 unspecified atom stereocenters. The number of hydrogen-bond acceptors (Lipinski definition) is 5. The standard InChI is InChI=1S/C28H38N4O3/c1-21(32-12-4-2-3-5-13-32)18-31-14-9-23(10-15-31)29-28(33)26-17-24-25(30-26)7-6-8-27(24)35-20-22-11-16-34-19-22/h6-8,11,16-17,19,21,23,30H,2-5,9-10,12-15,18,20H2,1H3,(H,29,33)/t21-/m0/s1. The lowest BCUT2D eigenvalue weighted by Gasteiger charge is -2.37. The first kappa shape index (κ1) is 23.9. The molecule has 188 valence electrons. The summed E-state index contributed by atoms with van der Waals surface area (Å²) in [5.41, 5.74) is 2.46. The van der Waals surface area contributed by atoms with Gasteiger partial charge in [-0.3, -0.25) is 9.69 Å². The number of nitrogens with zero attached hydrogens (tertiary/aromatic N) is 2. The van der Waals surface area contributed by atoms with E-state index in [0.717, 1.165) is 54.7 Å². The number of hydrogen-bond donors (Lipinski definition) is 2. The molecule has 2 aliphatic heterocycles. The zero-order valence-corrected chi connectivity index (χ0v) is 20.8. The first-order valence-electron chi connectivity index (χ1n) is 13.2. The number of H-pyrrole nitrogens is 1. The minimum Gasteiger partial charge on any atom is -0.488 e. The Labute approximate surface area is 207 Å². The maximum absolute atomic E-state index is 13.0. The molecule has 35 heavy (non-hydrogen) atoms. The third-order valence-electron chi connectivity index (χ3n) is 7.55. The van der Waals surface area contributed by atoms with E-state index in [-0.39, 0.29) is 11.9 Å². The van der Waals surface area contributed by atoms with Crippen LogP contribution in [0.15, 0.2) is 47.3 Å². The lowest BCUT2D eigenvalue weighted by atomic mass is 10.0. The number of amides is 1. The SMILES string of the molecule is C[C@@H](CN1CCC(NC(=O)c2cc3c(OCc4ccoc4)cccc3[nH]2)CC1)N1CCCCCC1. The lowest BCUT2D eigenvalue weighted by molar-refractivity contribution is 0.0887. The summed E-state index contributed by atoms with van der Waals surface area (Å²) in [7, 11) is 0. The predicted molar refractivity (Wildman–Crippen MR) is 138 cm³/mol. The van der Waals surface area contributed by atoms with Crippen LogP contribution >= 0.6 is 0 Å². The Bertz CT molecular complexity index is 1080. The van der Waals surface area contributed by atoms with Gasteiger partial charge in [0.2, 0.25) is 0 Å². The molecule has 3 aromatic rings. The number of aromatic nitrogens is 1. The number of fused-ring (bicyclic) bond motifs is 1. The third kappa shape index (κ3) is 6.08. The Kier molecular flexibility index (Phi) is 7.74. The van der Waals surface area contributed by atoms with Crippen molar-refractivity contribution < 1.29 is 13.9 Å². The smallest absolute Gasteiger partial charge is 0.267 e. The van der Waals surface area contributed by atoms with E-state index < -0.39 is 0 Å². The molecule has 0 saturated carbocycles. The van der Waals surface area contributed by atoms with Crippen molar-refractivity contribution in [3.63, 3.8) is 0 Å². The van der Waals surface area contributed by atoms with E-state index in [1.807, 2.05) is 30.3 Å². The van der Waals surface area contributed by atoms with Gasteiger partial charge >= 0.3 is 0 Å². The van der Waals surface area contributed by atoms with Gasteiger partial charge < -0.3 is 24.4 Å². The van der Waals surface area contributed by atoms with E-state index in [4.69, 9.17) is 9.15 Å². The van der Waals surface area contributed by atoms with Crippen LogP contribution in [0.2, 0.25) is 0 Å². The van der Waals surface area contributed by atoms with Crippen LogP contribution in [0, 0.1) is 0 Å². The molecule has 2 saturated heterocycles. The molecular weight excluding hydrogens is 440 g/mol. The van der Waals surface area contributed by atoms with Crippen LogP contribution in [0.1, 0.15) is 61.5 Å². The number of likely N-dealkylation sites (tertiary alicyclic amines) is 2. The summed E-state index contributed by atoms with van der Waals surface area (Å²) >= 11 is 0. The normalized spacial score (nSPS) is 19.5. The van der Waals surface area contributed by atoms with Crippen molar-refractivity contribution in [3.05, 3.63) is 54.1 Å². The molecule has 2 aromatic heterocycles. The number of aromatic amines is 1. The van der Waals surface area contributed by atoms with Crippen molar-refractivity contribution in [2.24, 2.45) is 0 Å². The highest BCUT2D eigenvalue weighted by Crippen LogP contribution is 2.27. The zero-order chi connectivity index (χ0) is 24.0. The van der Waals surface area contributed by atoms with Gasteiger partial charge in [0.15, 0.2) is 0 Å². The number of benzene rings is 1. The topological polar surface area (TPSA) is 73.7 Å². The molecule has 0 aliphatic carbocycles. The van der Waals surface area contributed by atoms with E-state index in [1.54, 1.807) is 12.5 Å². The van der Waals surface area contributed by atoms with E-state index >= 15 is 0 Å². The average Bonchev–Trinajstić information content (AvgIpc) is 3.47. The Morgan fingerprint density at radius 1 is 1.14 bits per heavy atom. The molecule has 7 heteroatoms. The summed E-state index contributed by atoms with van der Waals surface area (Å²) in [5.74, 6) is 0.712. The average molecular weight is 479 g/mol. The predicted octanol–water partition coefficient (Wildman–Crippen LogP) is 4.80. The fourth-order valence-corrected chi connectivity index (χ4v) is 5.46. The van der Waals surface area contributed by atoms with Gasteiger partial charge in [-0.15, -0.1) is 0 Å². The molecular formula is C28H38N4O3. The molecule has 0 radical (unpaired) electrons. The van der Waals surface area contributed by atoms with Crippen molar-refractivity contribution in [2.45, 2.75) is 64.1 Å². The van der Waals surface area contributed by atoms with Crippen molar-refractivity contribution in [3.8, 4) is 5.75 Å². The number of nitrogens with one attached hydrogen (secondary N) is 2. The van der Waals surface area contributed by atoms with Crippen LogP contribution in [0.4, 0.5) is 0 Å². The first-order chi connectivity index (χ1) is 17.2. The van der Waals surface area contributed by atoms with Gasteiger partial charge in [-0.1, -0.05) is 18.9 Å². The number of carbonyl (C=O) groups excluding carboxylic acids is 1. The highest BCUT2D eigenvalue weighted by molar-refractivity contribution is 5.99. The summed E-state index contributed by atoms with van der Waals surface area (Å²) in [6.45, 7) is 8.51.